The standard InChI is InChI=1S/C13H15NO5/c1-18-10-4-2-9(3-5-10)7-14-8-11(6-12(15)16)19-13(14)17/h2-5,11H,6-8H2,1H3,(H,15,16). The highest BCUT2D eigenvalue weighted by molar-refractivity contribution is 5.72. The van der Waals surface area contributed by atoms with Gasteiger partial charge in [0, 0.05) is 6.54 Å². The van der Waals surface area contributed by atoms with E-state index >= 15 is 0 Å². The Bertz CT molecular complexity index is 470. The van der Waals surface area contributed by atoms with E-state index in [1.807, 2.05) is 24.3 Å². The van der Waals surface area contributed by atoms with Crippen LogP contribution >= 0.6 is 0 Å². The predicted molar refractivity (Wildman–Crippen MR) is 65.9 cm³/mol. The van der Waals surface area contributed by atoms with Gasteiger partial charge in [0.15, 0.2) is 0 Å². The van der Waals surface area contributed by atoms with E-state index in [0.29, 0.717) is 13.1 Å². The molecule has 1 heterocycles. The van der Waals surface area contributed by atoms with E-state index < -0.39 is 18.2 Å². The first-order chi connectivity index (χ1) is 9.08. The topological polar surface area (TPSA) is 76.1 Å². The molecule has 2 rings (SSSR count). The Morgan fingerprint density at radius 3 is 2.74 bits per heavy atom. The average Bonchev–Trinajstić information content (AvgIpc) is 2.69. The molecule has 1 unspecified atom stereocenters. The number of ether oxygens (including phenoxy) is 2. The van der Waals surface area contributed by atoms with Crippen LogP contribution in [-0.4, -0.2) is 41.8 Å². The van der Waals surface area contributed by atoms with Gasteiger partial charge in [-0.05, 0) is 17.7 Å². The summed E-state index contributed by atoms with van der Waals surface area (Å²) in [7, 11) is 1.59. The quantitative estimate of drug-likeness (QED) is 0.872. The number of cyclic esters (lactones) is 1. The van der Waals surface area contributed by atoms with Gasteiger partial charge in [-0.15, -0.1) is 0 Å². The Morgan fingerprint density at radius 1 is 1.47 bits per heavy atom. The Labute approximate surface area is 110 Å². The van der Waals surface area contributed by atoms with Crippen LogP contribution in [-0.2, 0) is 16.1 Å². The highest BCUT2D eigenvalue weighted by atomic mass is 16.6. The lowest BCUT2D eigenvalue weighted by Gasteiger charge is -2.12. The van der Waals surface area contributed by atoms with E-state index in [-0.39, 0.29) is 6.42 Å². The number of carboxylic acid groups (broad SMARTS) is 1. The molecule has 1 fully saturated rings. The van der Waals surface area contributed by atoms with Gasteiger partial charge < -0.3 is 19.5 Å². The van der Waals surface area contributed by atoms with Crippen LogP contribution in [0.3, 0.4) is 0 Å². The summed E-state index contributed by atoms with van der Waals surface area (Å²) in [4.78, 5) is 23.6. The van der Waals surface area contributed by atoms with E-state index in [1.165, 1.54) is 4.90 Å². The van der Waals surface area contributed by atoms with Gasteiger partial charge in [0.25, 0.3) is 0 Å². The molecule has 19 heavy (non-hydrogen) atoms. The summed E-state index contributed by atoms with van der Waals surface area (Å²) in [6.07, 6.45) is -1.20. The number of hydrogen-bond acceptors (Lipinski definition) is 4. The third-order valence-electron chi connectivity index (χ3n) is 2.88. The molecule has 1 aliphatic heterocycles. The summed E-state index contributed by atoms with van der Waals surface area (Å²) in [5, 5.41) is 8.67. The van der Waals surface area contributed by atoms with Crippen molar-refractivity contribution in [1.29, 1.82) is 0 Å². The normalized spacial score (nSPS) is 18.3. The van der Waals surface area contributed by atoms with Crippen LogP contribution in [0.2, 0.25) is 0 Å². The smallest absolute Gasteiger partial charge is 0.410 e. The van der Waals surface area contributed by atoms with Crippen molar-refractivity contribution in [1.82, 2.24) is 4.90 Å². The van der Waals surface area contributed by atoms with Crippen molar-refractivity contribution in [2.24, 2.45) is 0 Å². The number of carbonyl (C=O) groups excluding carboxylic acids is 1. The molecule has 0 bridgehead atoms. The Morgan fingerprint density at radius 2 is 2.16 bits per heavy atom. The average molecular weight is 265 g/mol. The van der Waals surface area contributed by atoms with Gasteiger partial charge in [-0.25, -0.2) is 4.79 Å². The van der Waals surface area contributed by atoms with Crippen LogP contribution in [0.15, 0.2) is 24.3 Å². The lowest BCUT2D eigenvalue weighted by atomic mass is 10.2. The molecule has 0 aromatic heterocycles. The molecule has 1 N–H and O–H groups in total. The third-order valence-corrected chi connectivity index (χ3v) is 2.88. The van der Waals surface area contributed by atoms with Crippen LogP contribution in [0, 0.1) is 0 Å². The van der Waals surface area contributed by atoms with Crippen molar-refractivity contribution in [2.75, 3.05) is 13.7 Å². The lowest BCUT2D eigenvalue weighted by Crippen LogP contribution is -2.25. The molecule has 1 aromatic rings. The molecule has 6 nitrogen and oxygen atoms in total. The monoisotopic (exact) mass is 265 g/mol. The van der Waals surface area contributed by atoms with Crippen molar-refractivity contribution >= 4 is 12.1 Å². The lowest BCUT2D eigenvalue weighted by molar-refractivity contribution is -0.138. The zero-order valence-electron chi connectivity index (χ0n) is 10.5. The van der Waals surface area contributed by atoms with E-state index in [4.69, 9.17) is 14.6 Å². The molecule has 0 saturated carbocycles. The van der Waals surface area contributed by atoms with Gasteiger partial charge in [-0.2, -0.15) is 0 Å². The number of carbonyl (C=O) groups is 2. The van der Waals surface area contributed by atoms with E-state index in [9.17, 15) is 9.59 Å². The van der Waals surface area contributed by atoms with E-state index in [0.717, 1.165) is 11.3 Å². The van der Waals surface area contributed by atoms with Gasteiger partial charge in [0.05, 0.1) is 20.1 Å². The number of hydrogen-bond donors (Lipinski definition) is 1. The van der Waals surface area contributed by atoms with Crippen molar-refractivity contribution < 1.29 is 24.2 Å². The molecule has 1 atom stereocenters. The van der Waals surface area contributed by atoms with Crippen molar-refractivity contribution in [2.45, 2.75) is 19.1 Å². The van der Waals surface area contributed by atoms with Gasteiger partial charge in [0.2, 0.25) is 0 Å². The maximum atomic E-state index is 11.6. The predicted octanol–water partition coefficient (Wildman–Crippen LogP) is 1.49. The number of rotatable bonds is 5. The molecule has 1 aliphatic rings. The zero-order valence-corrected chi connectivity index (χ0v) is 10.5. The Balaban J connectivity index is 1.95. The minimum absolute atomic E-state index is 0.162. The molecule has 0 spiro atoms. The molecule has 1 aromatic carbocycles. The second kappa shape index (κ2) is 5.60. The fourth-order valence-corrected chi connectivity index (χ4v) is 1.96. The molecule has 102 valence electrons. The first-order valence-corrected chi connectivity index (χ1v) is 5.89. The molecular weight excluding hydrogens is 250 g/mol. The minimum Gasteiger partial charge on any atom is -0.497 e. The summed E-state index contributed by atoms with van der Waals surface area (Å²) in [6.45, 7) is 0.704. The highest BCUT2D eigenvalue weighted by Gasteiger charge is 2.32. The number of nitrogens with zero attached hydrogens (tertiary/aromatic N) is 1. The van der Waals surface area contributed by atoms with Crippen molar-refractivity contribution in [3.05, 3.63) is 29.8 Å². The van der Waals surface area contributed by atoms with E-state index in [1.54, 1.807) is 7.11 Å². The second-order valence-corrected chi connectivity index (χ2v) is 4.33. The molecule has 1 amide bonds. The summed E-state index contributed by atoms with van der Waals surface area (Å²) >= 11 is 0. The summed E-state index contributed by atoms with van der Waals surface area (Å²) in [5.41, 5.74) is 0.939. The van der Waals surface area contributed by atoms with Gasteiger partial charge in [0.1, 0.15) is 11.9 Å². The first kappa shape index (κ1) is 13.2. The molecule has 6 heteroatoms. The summed E-state index contributed by atoms with van der Waals surface area (Å²) in [6, 6.07) is 7.34. The van der Waals surface area contributed by atoms with Crippen molar-refractivity contribution in [3.8, 4) is 5.75 Å². The molecular formula is C13H15NO5. The van der Waals surface area contributed by atoms with Crippen molar-refractivity contribution in [3.63, 3.8) is 0 Å². The Hall–Kier alpha value is -2.24. The SMILES string of the molecule is COc1ccc(CN2CC(CC(=O)O)OC2=O)cc1. The first-order valence-electron chi connectivity index (χ1n) is 5.89. The number of methoxy groups -OCH3 is 1. The van der Waals surface area contributed by atoms with Crippen LogP contribution < -0.4 is 4.74 Å². The number of benzene rings is 1. The van der Waals surface area contributed by atoms with Crippen LogP contribution in [0.4, 0.5) is 4.79 Å². The van der Waals surface area contributed by atoms with Gasteiger partial charge in [-0.1, -0.05) is 12.1 Å². The second-order valence-electron chi connectivity index (χ2n) is 4.33. The zero-order chi connectivity index (χ0) is 13.8. The minimum atomic E-state index is -0.968. The third kappa shape index (κ3) is 3.37. The number of aliphatic carboxylic acids is 1. The van der Waals surface area contributed by atoms with Crippen LogP contribution in [0.25, 0.3) is 0 Å². The van der Waals surface area contributed by atoms with Gasteiger partial charge in [-0.3, -0.25) is 4.79 Å². The Kier molecular flexibility index (Phi) is 3.89. The van der Waals surface area contributed by atoms with E-state index in [2.05, 4.69) is 0 Å². The fraction of sp³-hybridized carbons (Fsp3) is 0.385. The number of carboxylic acids is 1. The number of amides is 1. The van der Waals surface area contributed by atoms with Crippen LogP contribution in [0.1, 0.15) is 12.0 Å². The maximum absolute atomic E-state index is 11.6. The molecule has 0 radical (unpaired) electrons. The van der Waals surface area contributed by atoms with Gasteiger partial charge >= 0.3 is 12.1 Å². The largest absolute Gasteiger partial charge is 0.497 e. The summed E-state index contributed by atoms with van der Waals surface area (Å²) in [5.74, 6) is -0.222. The van der Waals surface area contributed by atoms with Crippen LogP contribution in [0.5, 0.6) is 5.75 Å². The molecule has 1 saturated heterocycles. The maximum Gasteiger partial charge on any atom is 0.410 e. The highest BCUT2D eigenvalue weighted by Crippen LogP contribution is 2.18. The molecule has 0 aliphatic carbocycles. The summed E-state index contributed by atoms with van der Waals surface area (Å²) < 4.78 is 10.0. The fourth-order valence-electron chi connectivity index (χ4n) is 1.96.